The third-order valence-electron chi connectivity index (χ3n) is 5.16. The normalized spacial score (nSPS) is 10.9. The zero-order valence-corrected chi connectivity index (χ0v) is 16.4. The largest absolute Gasteiger partial charge is 0.496 e. The first-order valence-corrected chi connectivity index (χ1v) is 9.70. The molecule has 0 saturated heterocycles. The lowest BCUT2D eigenvalue weighted by Crippen LogP contribution is -2.13. The first-order chi connectivity index (χ1) is 14.1. The summed E-state index contributed by atoms with van der Waals surface area (Å²) in [6, 6.07) is 25.8. The molecule has 4 rings (SSSR count). The van der Waals surface area contributed by atoms with E-state index in [-0.39, 0.29) is 30.8 Å². The first kappa shape index (κ1) is 18.9. The molecule has 0 heterocycles. The monoisotopic (exact) mass is 382 g/mol. The molecule has 0 unspecified atom stereocenters. The number of hydrogen-bond acceptors (Lipinski definition) is 3. The summed E-state index contributed by atoms with van der Waals surface area (Å²) in [5.41, 5.74) is 1.75. The summed E-state index contributed by atoms with van der Waals surface area (Å²) in [5.74, 6) is 0.549. The van der Waals surface area contributed by atoms with E-state index >= 15 is 0 Å². The van der Waals surface area contributed by atoms with E-state index in [1.165, 1.54) is 0 Å². The standard InChI is InChI=1S/C26H22O3/c1-29-26-22(13-12-20-7-4-5-9-25(20)26)16-24(28)17-23(27)15-18-10-11-19-6-2-3-8-21(19)14-18/h2-14H,15-17H2,1H3. The average molecular weight is 382 g/mol. The number of fused-ring (bicyclic) bond motifs is 2. The summed E-state index contributed by atoms with van der Waals surface area (Å²) in [4.78, 5) is 25.0. The summed E-state index contributed by atoms with van der Waals surface area (Å²) in [6.07, 6.45) is 0.395. The highest BCUT2D eigenvalue weighted by molar-refractivity contribution is 6.02. The van der Waals surface area contributed by atoms with Crippen LogP contribution >= 0.6 is 0 Å². The topological polar surface area (TPSA) is 43.4 Å². The van der Waals surface area contributed by atoms with Crippen molar-refractivity contribution >= 4 is 33.1 Å². The van der Waals surface area contributed by atoms with Crippen molar-refractivity contribution in [3.63, 3.8) is 0 Å². The van der Waals surface area contributed by atoms with E-state index < -0.39 is 0 Å². The van der Waals surface area contributed by atoms with Gasteiger partial charge in [-0.2, -0.15) is 0 Å². The maximum atomic E-state index is 12.6. The second-order valence-electron chi connectivity index (χ2n) is 7.27. The summed E-state index contributed by atoms with van der Waals surface area (Å²) < 4.78 is 5.56. The fourth-order valence-corrected chi connectivity index (χ4v) is 3.80. The summed E-state index contributed by atoms with van der Waals surface area (Å²) in [7, 11) is 1.61. The number of carbonyl (C=O) groups is 2. The molecule has 144 valence electrons. The van der Waals surface area contributed by atoms with Gasteiger partial charge in [0.05, 0.1) is 13.5 Å². The van der Waals surface area contributed by atoms with Crippen LogP contribution in [0.15, 0.2) is 78.9 Å². The molecule has 0 fully saturated rings. The van der Waals surface area contributed by atoms with Gasteiger partial charge < -0.3 is 4.74 Å². The van der Waals surface area contributed by atoms with Crippen molar-refractivity contribution in [1.29, 1.82) is 0 Å². The van der Waals surface area contributed by atoms with Gasteiger partial charge in [-0.3, -0.25) is 9.59 Å². The van der Waals surface area contributed by atoms with Crippen molar-refractivity contribution in [3.8, 4) is 5.75 Å². The minimum Gasteiger partial charge on any atom is -0.496 e. The smallest absolute Gasteiger partial charge is 0.144 e. The van der Waals surface area contributed by atoms with E-state index in [0.29, 0.717) is 5.75 Å². The first-order valence-electron chi connectivity index (χ1n) is 9.70. The maximum absolute atomic E-state index is 12.6. The zero-order valence-electron chi connectivity index (χ0n) is 16.4. The SMILES string of the molecule is COc1c(CC(=O)CC(=O)Cc2ccc3ccccc3c2)ccc2ccccc12. The highest BCUT2D eigenvalue weighted by atomic mass is 16.5. The van der Waals surface area contributed by atoms with Crippen LogP contribution in [0.1, 0.15) is 17.5 Å². The van der Waals surface area contributed by atoms with Crippen LogP contribution in [0.25, 0.3) is 21.5 Å². The number of carbonyl (C=O) groups excluding carboxylic acids is 2. The lowest BCUT2D eigenvalue weighted by molar-refractivity contribution is -0.126. The van der Waals surface area contributed by atoms with E-state index in [2.05, 4.69) is 0 Å². The van der Waals surface area contributed by atoms with Gasteiger partial charge in [0.15, 0.2) is 0 Å². The molecule has 0 saturated carbocycles. The number of ether oxygens (including phenoxy) is 1. The molecule has 0 aliphatic rings. The number of methoxy groups -OCH3 is 1. The van der Waals surface area contributed by atoms with Gasteiger partial charge in [0.2, 0.25) is 0 Å². The molecular weight excluding hydrogens is 360 g/mol. The van der Waals surface area contributed by atoms with E-state index in [4.69, 9.17) is 4.74 Å². The molecule has 29 heavy (non-hydrogen) atoms. The third kappa shape index (κ3) is 4.19. The van der Waals surface area contributed by atoms with Crippen LogP contribution in [-0.2, 0) is 22.4 Å². The Balaban J connectivity index is 1.45. The zero-order chi connectivity index (χ0) is 20.2. The van der Waals surface area contributed by atoms with Crippen LogP contribution in [0, 0.1) is 0 Å². The van der Waals surface area contributed by atoms with Gasteiger partial charge in [0, 0.05) is 23.8 Å². The molecule has 0 N–H and O–H groups in total. The number of rotatable bonds is 7. The van der Waals surface area contributed by atoms with Crippen molar-refractivity contribution in [3.05, 3.63) is 90.0 Å². The third-order valence-corrected chi connectivity index (χ3v) is 5.16. The number of benzene rings is 4. The van der Waals surface area contributed by atoms with Gasteiger partial charge >= 0.3 is 0 Å². The molecule has 0 amide bonds. The van der Waals surface area contributed by atoms with Crippen molar-refractivity contribution in [2.45, 2.75) is 19.3 Å². The Hall–Kier alpha value is -3.46. The number of hydrogen-bond donors (Lipinski definition) is 0. The Morgan fingerprint density at radius 1 is 0.724 bits per heavy atom. The van der Waals surface area contributed by atoms with Gasteiger partial charge in [-0.15, -0.1) is 0 Å². The fourth-order valence-electron chi connectivity index (χ4n) is 3.80. The van der Waals surface area contributed by atoms with Gasteiger partial charge in [-0.25, -0.2) is 0 Å². The molecule has 3 heteroatoms. The fraction of sp³-hybridized carbons (Fsp3) is 0.154. The minimum atomic E-state index is -0.0932. The van der Waals surface area contributed by atoms with Crippen molar-refractivity contribution in [2.24, 2.45) is 0 Å². The van der Waals surface area contributed by atoms with Crippen molar-refractivity contribution in [1.82, 2.24) is 0 Å². The second-order valence-corrected chi connectivity index (χ2v) is 7.27. The Labute approximate surface area is 169 Å². The highest BCUT2D eigenvalue weighted by Gasteiger charge is 2.15. The lowest BCUT2D eigenvalue weighted by Gasteiger charge is -2.11. The quantitative estimate of drug-likeness (QED) is 0.407. The number of Topliss-reactive ketones (excluding diaryl/α,β-unsaturated/α-hetero) is 2. The number of ketones is 2. The molecule has 4 aromatic carbocycles. The Bertz CT molecular complexity index is 1210. The molecule has 0 aliphatic heterocycles. The van der Waals surface area contributed by atoms with Crippen molar-refractivity contribution < 1.29 is 14.3 Å². The molecule has 0 atom stereocenters. The molecule has 0 aromatic heterocycles. The molecule has 0 bridgehead atoms. The van der Waals surface area contributed by atoms with Crippen LogP contribution in [0.2, 0.25) is 0 Å². The van der Waals surface area contributed by atoms with Crippen molar-refractivity contribution in [2.75, 3.05) is 7.11 Å². The predicted octanol–water partition coefficient (Wildman–Crippen LogP) is 5.32. The highest BCUT2D eigenvalue weighted by Crippen LogP contribution is 2.30. The predicted molar refractivity (Wildman–Crippen MR) is 116 cm³/mol. The second kappa shape index (κ2) is 8.27. The summed E-state index contributed by atoms with van der Waals surface area (Å²) >= 11 is 0. The summed E-state index contributed by atoms with van der Waals surface area (Å²) in [5, 5.41) is 4.28. The Kier molecular flexibility index (Phi) is 5.39. The molecule has 0 aliphatic carbocycles. The molecule has 4 aromatic rings. The van der Waals surface area contributed by atoms with E-state index in [9.17, 15) is 9.59 Å². The van der Waals surface area contributed by atoms with Crippen LogP contribution < -0.4 is 4.74 Å². The Morgan fingerprint density at radius 2 is 1.38 bits per heavy atom. The van der Waals surface area contributed by atoms with Gasteiger partial charge in [0.25, 0.3) is 0 Å². The van der Waals surface area contributed by atoms with Crippen LogP contribution in [-0.4, -0.2) is 18.7 Å². The van der Waals surface area contributed by atoms with Crippen LogP contribution in [0.4, 0.5) is 0 Å². The van der Waals surface area contributed by atoms with Crippen LogP contribution in [0.5, 0.6) is 5.75 Å². The van der Waals surface area contributed by atoms with Gasteiger partial charge in [-0.1, -0.05) is 78.9 Å². The van der Waals surface area contributed by atoms with E-state index in [0.717, 1.165) is 32.7 Å². The van der Waals surface area contributed by atoms with E-state index in [1.807, 2.05) is 78.9 Å². The van der Waals surface area contributed by atoms with E-state index in [1.54, 1.807) is 7.11 Å². The molecule has 0 spiro atoms. The average Bonchev–Trinajstić information content (AvgIpc) is 2.73. The van der Waals surface area contributed by atoms with Gasteiger partial charge in [0.1, 0.15) is 17.3 Å². The minimum absolute atomic E-state index is 0.0648. The molecule has 3 nitrogen and oxygen atoms in total. The van der Waals surface area contributed by atoms with Crippen LogP contribution in [0.3, 0.4) is 0 Å². The Morgan fingerprint density at radius 3 is 2.17 bits per heavy atom. The summed E-state index contributed by atoms with van der Waals surface area (Å²) in [6.45, 7) is 0. The molecule has 0 radical (unpaired) electrons. The maximum Gasteiger partial charge on any atom is 0.144 e. The van der Waals surface area contributed by atoms with Gasteiger partial charge in [-0.05, 0) is 21.7 Å². The lowest BCUT2D eigenvalue weighted by atomic mass is 9.97. The molecular formula is C26H22O3.